The fourth-order valence-electron chi connectivity index (χ4n) is 2.02. The van der Waals surface area contributed by atoms with Gasteiger partial charge in [-0.3, -0.25) is 9.59 Å². The lowest BCUT2D eigenvalue weighted by Crippen LogP contribution is -2.52. The van der Waals surface area contributed by atoms with Gasteiger partial charge in [0, 0.05) is 22.2 Å². The van der Waals surface area contributed by atoms with Gasteiger partial charge in [-0.25, -0.2) is 0 Å². The first-order chi connectivity index (χ1) is 9.22. The van der Waals surface area contributed by atoms with E-state index in [1.165, 1.54) is 0 Å². The number of aromatic nitrogens is 1. The van der Waals surface area contributed by atoms with E-state index in [1.54, 1.807) is 19.9 Å². The average Bonchev–Trinajstić information content (AvgIpc) is 2.64. The van der Waals surface area contributed by atoms with Crippen molar-refractivity contribution in [1.29, 1.82) is 0 Å². The van der Waals surface area contributed by atoms with Crippen LogP contribution in [-0.2, 0) is 4.79 Å². The second kappa shape index (κ2) is 4.67. The van der Waals surface area contributed by atoms with Crippen molar-refractivity contribution in [2.75, 3.05) is 0 Å². The molecule has 0 atom stereocenters. The Balaban J connectivity index is 2.36. The number of H-pyrrole nitrogens is 1. The third-order valence-electron chi connectivity index (χ3n) is 3.61. The highest BCUT2D eigenvalue weighted by atomic mass is 16.2. The summed E-state index contributed by atoms with van der Waals surface area (Å²) in [6.45, 7) is 7.16. The van der Waals surface area contributed by atoms with E-state index >= 15 is 0 Å². The van der Waals surface area contributed by atoms with Gasteiger partial charge in [-0.1, -0.05) is 0 Å². The average molecular weight is 273 g/mol. The first-order valence-corrected chi connectivity index (χ1v) is 6.43. The number of aryl methyl sites for hydroxylation is 2. The number of aromatic amines is 1. The maximum absolute atomic E-state index is 12.2. The third-order valence-corrected chi connectivity index (χ3v) is 3.61. The molecule has 5 nitrogen and oxygen atoms in total. The van der Waals surface area contributed by atoms with Crippen molar-refractivity contribution in [3.05, 3.63) is 35.0 Å². The molecular weight excluding hydrogens is 254 g/mol. The SMILES string of the molecule is Cc1[nH]c2ccc(C(=O)NC(C)(C)C(N)=O)cc2c1C. The molecule has 1 aromatic carbocycles. The number of carbonyl (C=O) groups excluding carboxylic acids is 2. The maximum atomic E-state index is 12.2. The molecule has 0 unspecified atom stereocenters. The van der Waals surface area contributed by atoms with Crippen molar-refractivity contribution in [2.24, 2.45) is 5.73 Å². The minimum absolute atomic E-state index is 0.311. The number of amides is 2. The van der Waals surface area contributed by atoms with Gasteiger partial charge in [-0.05, 0) is 51.5 Å². The van der Waals surface area contributed by atoms with Crippen LogP contribution < -0.4 is 11.1 Å². The lowest BCUT2D eigenvalue weighted by Gasteiger charge is -2.22. The van der Waals surface area contributed by atoms with Gasteiger partial charge in [0.15, 0.2) is 0 Å². The molecule has 2 aromatic rings. The Morgan fingerprint density at radius 3 is 2.50 bits per heavy atom. The summed E-state index contributed by atoms with van der Waals surface area (Å²) in [7, 11) is 0. The molecule has 4 N–H and O–H groups in total. The van der Waals surface area contributed by atoms with Gasteiger partial charge in [0.05, 0.1) is 0 Å². The zero-order chi connectivity index (χ0) is 15.1. The molecule has 0 aliphatic carbocycles. The number of nitrogens with one attached hydrogen (secondary N) is 2. The monoisotopic (exact) mass is 273 g/mol. The van der Waals surface area contributed by atoms with E-state index in [4.69, 9.17) is 5.73 Å². The molecular formula is C15H19N3O2. The summed E-state index contributed by atoms with van der Waals surface area (Å²) < 4.78 is 0. The standard InChI is InChI=1S/C15H19N3O2/c1-8-9(2)17-12-6-5-10(7-11(8)12)13(19)18-15(3,4)14(16)20/h5-7,17H,1-4H3,(H2,16,20)(H,18,19). The number of hydrogen-bond acceptors (Lipinski definition) is 2. The van der Waals surface area contributed by atoms with Crippen LogP contribution in [0.25, 0.3) is 10.9 Å². The first-order valence-electron chi connectivity index (χ1n) is 6.43. The molecule has 0 saturated carbocycles. The zero-order valence-electron chi connectivity index (χ0n) is 12.1. The smallest absolute Gasteiger partial charge is 0.252 e. The Kier molecular flexibility index (Phi) is 3.29. The number of hydrogen-bond donors (Lipinski definition) is 3. The molecule has 0 bridgehead atoms. The van der Waals surface area contributed by atoms with E-state index in [0.29, 0.717) is 5.56 Å². The molecule has 0 aliphatic heterocycles. The summed E-state index contributed by atoms with van der Waals surface area (Å²) in [6, 6.07) is 5.41. The Labute approximate surface area is 117 Å². The van der Waals surface area contributed by atoms with Crippen molar-refractivity contribution in [3.8, 4) is 0 Å². The van der Waals surface area contributed by atoms with Crippen LogP contribution in [0, 0.1) is 13.8 Å². The highest BCUT2D eigenvalue weighted by Gasteiger charge is 2.27. The van der Waals surface area contributed by atoms with Crippen LogP contribution in [0.3, 0.4) is 0 Å². The summed E-state index contributed by atoms with van der Waals surface area (Å²) in [5.41, 5.74) is 7.87. The quantitative estimate of drug-likeness (QED) is 0.796. The van der Waals surface area contributed by atoms with Gasteiger partial charge in [0.2, 0.25) is 5.91 Å². The first kappa shape index (κ1) is 14.1. The Morgan fingerprint density at radius 2 is 1.90 bits per heavy atom. The maximum Gasteiger partial charge on any atom is 0.252 e. The fourth-order valence-corrected chi connectivity index (χ4v) is 2.02. The minimum atomic E-state index is -1.07. The molecule has 1 heterocycles. The van der Waals surface area contributed by atoms with Crippen LogP contribution in [-0.4, -0.2) is 22.3 Å². The molecule has 106 valence electrons. The van der Waals surface area contributed by atoms with E-state index in [0.717, 1.165) is 22.2 Å². The van der Waals surface area contributed by atoms with Gasteiger partial charge >= 0.3 is 0 Å². The van der Waals surface area contributed by atoms with E-state index in [-0.39, 0.29) is 5.91 Å². The molecule has 0 aliphatic rings. The van der Waals surface area contributed by atoms with Crippen molar-refractivity contribution >= 4 is 22.7 Å². The predicted molar refractivity (Wildman–Crippen MR) is 78.5 cm³/mol. The number of benzene rings is 1. The molecule has 1 aromatic heterocycles. The number of carbonyl (C=O) groups is 2. The van der Waals surface area contributed by atoms with E-state index in [9.17, 15) is 9.59 Å². The zero-order valence-corrected chi connectivity index (χ0v) is 12.1. The summed E-state index contributed by atoms with van der Waals surface area (Å²) in [4.78, 5) is 26.7. The largest absolute Gasteiger partial charge is 0.368 e. The highest BCUT2D eigenvalue weighted by molar-refractivity contribution is 6.01. The second-order valence-corrected chi connectivity index (χ2v) is 5.58. The Bertz CT molecular complexity index is 698. The van der Waals surface area contributed by atoms with Crippen LogP contribution in [0.1, 0.15) is 35.5 Å². The summed E-state index contributed by atoms with van der Waals surface area (Å²) >= 11 is 0. The molecule has 0 saturated heterocycles. The highest BCUT2D eigenvalue weighted by Crippen LogP contribution is 2.22. The van der Waals surface area contributed by atoms with Crippen LogP contribution in [0.5, 0.6) is 0 Å². The number of primary amides is 1. The number of fused-ring (bicyclic) bond motifs is 1. The van der Waals surface area contributed by atoms with E-state index in [1.807, 2.05) is 26.0 Å². The summed E-state index contributed by atoms with van der Waals surface area (Å²) in [5, 5.41) is 3.65. The summed E-state index contributed by atoms with van der Waals surface area (Å²) in [5.74, 6) is -0.880. The van der Waals surface area contributed by atoms with Gasteiger partial charge < -0.3 is 16.0 Å². The van der Waals surface area contributed by atoms with Gasteiger partial charge in [0.1, 0.15) is 5.54 Å². The minimum Gasteiger partial charge on any atom is -0.368 e. The lowest BCUT2D eigenvalue weighted by molar-refractivity contribution is -0.122. The van der Waals surface area contributed by atoms with Crippen LogP contribution in [0.4, 0.5) is 0 Å². The Hall–Kier alpha value is -2.30. The molecule has 2 amide bonds. The van der Waals surface area contributed by atoms with E-state index in [2.05, 4.69) is 10.3 Å². The van der Waals surface area contributed by atoms with Crippen LogP contribution in [0.2, 0.25) is 0 Å². The summed E-state index contributed by atoms with van der Waals surface area (Å²) in [6.07, 6.45) is 0. The van der Waals surface area contributed by atoms with Crippen molar-refractivity contribution in [1.82, 2.24) is 10.3 Å². The molecule has 5 heteroatoms. The van der Waals surface area contributed by atoms with Crippen LogP contribution >= 0.6 is 0 Å². The van der Waals surface area contributed by atoms with Crippen molar-refractivity contribution < 1.29 is 9.59 Å². The molecule has 0 spiro atoms. The van der Waals surface area contributed by atoms with Gasteiger partial charge in [-0.2, -0.15) is 0 Å². The number of rotatable bonds is 3. The second-order valence-electron chi connectivity index (χ2n) is 5.58. The molecule has 0 fully saturated rings. The molecule has 2 rings (SSSR count). The van der Waals surface area contributed by atoms with Gasteiger partial charge in [-0.15, -0.1) is 0 Å². The third kappa shape index (κ3) is 2.39. The number of nitrogens with two attached hydrogens (primary N) is 1. The van der Waals surface area contributed by atoms with Gasteiger partial charge in [0.25, 0.3) is 5.91 Å². The molecule has 20 heavy (non-hydrogen) atoms. The van der Waals surface area contributed by atoms with Crippen molar-refractivity contribution in [2.45, 2.75) is 33.2 Å². The van der Waals surface area contributed by atoms with E-state index < -0.39 is 11.4 Å². The fraction of sp³-hybridized carbons (Fsp3) is 0.333. The topological polar surface area (TPSA) is 88.0 Å². The molecule has 0 radical (unpaired) electrons. The normalized spacial score (nSPS) is 11.6. The van der Waals surface area contributed by atoms with Crippen LogP contribution in [0.15, 0.2) is 18.2 Å². The lowest BCUT2D eigenvalue weighted by atomic mass is 10.0. The van der Waals surface area contributed by atoms with Crippen molar-refractivity contribution in [3.63, 3.8) is 0 Å². The predicted octanol–water partition coefficient (Wildman–Crippen LogP) is 1.78. The Morgan fingerprint density at radius 1 is 1.25 bits per heavy atom.